The lowest BCUT2D eigenvalue weighted by atomic mass is 10.2. The van der Waals surface area contributed by atoms with Gasteiger partial charge in [-0.25, -0.2) is 87.6 Å². The summed E-state index contributed by atoms with van der Waals surface area (Å²) in [6, 6.07) is 0. The molecule has 5 saturated heterocycles. The van der Waals surface area contributed by atoms with Gasteiger partial charge in [0.2, 0.25) is 5.95 Å². The average molecular weight is 1600 g/mol. The van der Waals surface area contributed by atoms with Crippen LogP contribution in [0.15, 0.2) is 61.7 Å². The second kappa shape index (κ2) is 29.0. The fourth-order valence-electron chi connectivity index (χ4n) is 12.8. The van der Waals surface area contributed by atoms with E-state index in [0.29, 0.717) is 0 Å². The number of aromatic nitrogens is 20. The van der Waals surface area contributed by atoms with Crippen molar-refractivity contribution in [3.05, 3.63) is 67.3 Å². The number of nitrogens with two attached hydrogens (primary N) is 5. The second-order valence-electron chi connectivity index (χ2n) is 24.4. The number of imidazole rings is 5. The first-order valence-corrected chi connectivity index (χ1v) is 39.1. The molecule has 0 spiro atoms. The molecule has 19 atom stereocenters. The number of phosphoric ester groups is 5. The van der Waals surface area contributed by atoms with Crippen LogP contribution >= 0.6 is 39.1 Å². The first-order valence-electron chi connectivity index (χ1n) is 31.6. The number of aliphatic hydroxyl groups is 1. The number of anilines is 5. The third kappa shape index (κ3) is 15.6. The molecule has 0 saturated carbocycles. The Bertz CT molecular complexity index is 5320. The minimum absolute atomic E-state index is 0.0130. The monoisotopic (exact) mass is 1600 g/mol. The van der Waals surface area contributed by atoms with Gasteiger partial charge in [0.15, 0.2) is 57.0 Å². The number of fused-ring (bicyclic) bond motifs is 5. The summed E-state index contributed by atoms with van der Waals surface area (Å²) in [7, 11) is -26.9. The van der Waals surface area contributed by atoms with Crippen LogP contribution in [0, 0.1) is 0 Å². The number of aromatic amines is 1. The van der Waals surface area contributed by atoms with Crippen molar-refractivity contribution >= 4 is 124 Å². The molecule has 10 aromatic heterocycles. The maximum Gasteiger partial charge on any atom is 0.472 e. The number of H-pyrrole nitrogens is 1. The zero-order valence-corrected chi connectivity index (χ0v) is 58.8. The lowest BCUT2D eigenvalue weighted by Gasteiger charge is -2.26. The van der Waals surface area contributed by atoms with E-state index in [1.54, 1.807) is 0 Å². The van der Waals surface area contributed by atoms with Crippen molar-refractivity contribution in [2.24, 2.45) is 0 Å². The van der Waals surface area contributed by atoms with Crippen molar-refractivity contribution in [3.63, 3.8) is 0 Å². The highest BCUT2D eigenvalue weighted by Gasteiger charge is 2.51. The van der Waals surface area contributed by atoms with Crippen LogP contribution in [0.3, 0.4) is 0 Å². The molecular formula is C50H62N25O27P5. The van der Waals surface area contributed by atoms with Gasteiger partial charge in [0.05, 0.1) is 64.7 Å². The van der Waals surface area contributed by atoms with Crippen LogP contribution in [0.4, 0.5) is 29.2 Å². The van der Waals surface area contributed by atoms with Crippen LogP contribution in [0.1, 0.15) is 63.2 Å². The fourth-order valence-corrected chi connectivity index (χ4v) is 17.2. The first kappa shape index (κ1) is 74.3. The average Bonchev–Trinajstić information content (AvgIpc) is 1.65. The summed E-state index contributed by atoms with van der Waals surface area (Å²) in [5, 5.41) is 10.3. The maximum absolute atomic E-state index is 14.4. The van der Waals surface area contributed by atoms with Gasteiger partial charge in [0, 0.05) is 32.1 Å². The molecule has 18 N–H and O–H groups in total. The Labute approximate surface area is 594 Å². The normalized spacial score (nSPS) is 28.7. The van der Waals surface area contributed by atoms with Crippen molar-refractivity contribution in [2.75, 3.05) is 61.7 Å². The third-order valence-electron chi connectivity index (χ3n) is 17.6. The van der Waals surface area contributed by atoms with Crippen LogP contribution in [-0.4, -0.2) is 226 Å². The maximum atomic E-state index is 14.4. The summed E-state index contributed by atoms with van der Waals surface area (Å²) in [5.41, 5.74) is 30.2. The number of hydrogen-bond acceptors (Lipinski definition) is 40. The van der Waals surface area contributed by atoms with Crippen molar-refractivity contribution < 1.29 is 122 Å². The molecule has 0 bridgehead atoms. The Morgan fingerprint density at radius 2 is 0.645 bits per heavy atom. The summed E-state index contributed by atoms with van der Waals surface area (Å²) in [5.74, 6) is -0.326. The number of rotatable bonds is 28. The molecular weight excluding hydrogens is 1540 g/mol. The van der Waals surface area contributed by atoms with Gasteiger partial charge in [0.1, 0.15) is 140 Å². The van der Waals surface area contributed by atoms with Gasteiger partial charge >= 0.3 is 39.1 Å². The molecule has 52 nitrogen and oxygen atoms in total. The predicted octanol–water partition coefficient (Wildman–Crippen LogP) is -0.693. The van der Waals surface area contributed by atoms with Crippen molar-refractivity contribution in [2.45, 2.75) is 124 Å². The molecule has 0 amide bonds. The fraction of sp³-hybridized carbons (Fsp3) is 0.500. The van der Waals surface area contributed by atoms with Gasteiger partial charge in [-0.1, -0.05) is 0 Å². The predicted molar refractivity (Wildman–Crippen MR) is 351 cm³/mol. The highest BCUT2D eigenvalue weighted by atomic mass is 31.2. The minimum Gasteiger partial charge on any atom is -0.394 e. The number of nitrogens with one attached hydrogen (secondary N) is 1. The SMILES string of the molecule is Nc1nc2c(ncn2[C@H]2C[C@H](OP(=O)(O)O)[C@@H](COP(=O)(O)O[C@H]3C[C@H](n4cnc5c(N)ncnc54)O[C@@H]3COP(=O)(O)O[C@H]3C[C@H](n4cnc5c(N)ncnc54)O[C@@H]3COP(=O)(O)O[C@H]3C[C@H](n4cnc5c(N)ncnc54)O[C@@H]3COP(=O)(O)O[C@H]3C[C@H](n4cnc5c(N)ncnc54)O[C@@H]3CO)O2)c(=O)[nH]1. The third-order valence-corrected chi connectivity index (χ3v) is 22.2. The molecule has 15 rings (SSSR count). The van der Waals surface area contributed by atoms with Crippen LogP contribution < -0.4 is 34.2 Å². The van der Waals surface area contributed by atoms with E-state index < -0.39 is 176 Å². The topological polar surface area (TPSA) is 724 Å². The molecule has 10 aromatic rings. The summed E-state index contributed by atoms with van der Waals surface area (Å²) >= 11 is 0. The molecule has 0 radical (unpaired) electrons. The zero-order chi connectivity index (χ0) is 75.2. The second-order valence-corrected chi connectivity index (χ2v) is 31.2. The van der Waals surface area contributed by atoms with Gasteiger partial charge in [-0.05, 0) is 0 Å². The van der Waals surface area contributed by atoms with Crippen LogP contribution in [0.5, 0.6) is 0 Å². The Kier molecular flexibility index (Phi) is 20.2. The molecule has 4 unspecified atom stereocenters. The van der Waals surface area contributed by atoms with E-state index in [2.05, 4.69) is 74.8 Å². The van der Waals surface area contributed by atoms with Crippen molar-refractivity contribution in [1.29, 1.82) is 0 Å². The van der Waals surface area contributed by atoms with E-state index >= 15 is 0 Å². The Balaban J connectivity index is 0.643. The molecule has 0 aromatic carbocycles. The van der Waals surface area contributed by atoms with E-state index in [1.165, 1.54) is 54.5 Å². The number of aliphatic hydroxyl groups excluding tert-OH is 1. The van der Waals surface area contributed by atoms with Crippen molar-refractivity contribution in [1.82, 2.24) is 97.6 Å². The summed E-state index contributed by atoms with van der Waals surface area (Å²) < 4.78 is 156. The van der Waals surface area contributed by atoms with E-state index in [4.69, 9.17) is 93.1 Å². The van der Waals surface area contributed by atoms with E-state index in [9.17, 15) is 62.1 Å². The number of hydrogen-bond donors (Lipinski definition) is 13. The zero-order valence-electron chi connectivity index (χ0n) is 54.3. The number of nitrogen functional groups attached to an aromatic ring is 5. The lowest BCUT2D eigenvalue weighted by Crippen LogP contribution is -2.32. The molecule has 107 heavy (non-hydrogen) atoms. The molecule has 15 heterocycles. The Morgan fingerprint density at radius 3 is 0.935 bits per heavy atom. The van der Waals surface area contributed by atoms with Crippen molar-refractivity contribution in [3.8, 4) is 0 Å². The van der Waals surface area contributed by atoms with E-state index in [1.807, 2.05) is 0 Å². The number of ether oxygens (including phenoxy) is 5. The van der Waals surface area contributed by atoms with Crippen LogP contribution in [0.2, 0.25) is 0 Å². The molecule has 5 aliphatic rings. The standard InChI is InChI=1S/C50H62N25O27P5/c51-40-35-44(60-11-56-40)71(15-64-35)30-1-20(25(6-76)93-30)99-104(81,82)90-8-27-22(3-31(95-27)72-16-65-36-41(52)57-12-61-45(36)72)101-106(85,86)92-10-29-24(5-33(97-29)74-18-67-38-43(54)59-14-63-47(38)74)102-107(87,88)91-9-28-23(4-32(96-28)73-17-66-37-42(53)58-13-62-46(37)73)100-105(83,84)89-7-26-21(98-103(78,79)80)2-34(94-26)75-19-68-39-48(75)69-50(55)70-49(39)77/h11-34,76H,1-10H2,(H,81,82)(H,83,84)(H,85,86)(H,87,88)(H2,51,56,60)(H2,52,57,61)(H2,53,58,62)(H2,54,59,63)(H2,78,79,80)(H3,55,69,70,77)/t20-,21-,22-,23-,24-,25+,26+,27+,28+,29+,30+,31+,32+,33+,34+/m0/s1. The summed E-state index contributed by atoms with van der Waals surface area (Å²) in [6.07, 6.45) is -11.8. The Hall–Kier alpha value is -8.14. The molecule has 57 heteroatoms. The van der Waals surface area contributed by atoms with Gasteiger partial charge in [0.25, 0.3) is 5.56 Å². The van der Waals surface area contributed by atoms with Crippen LogP contribution in [-0.2, 0) is 87.2 Å². The van der Waals surface area contributed by atoms with Gasteiger partial charge in [-0.3, -0.25) is 73.3 Å². The minimum atomic E-state index is -5.50. The van der Waals surface area contributed by atoms with Gasteiger partial charge in [-0.2, -0.15) is 4.98 Å². The smallest absolute Gasteiger partial charge is 0.394 e. The van der Waals surface area contributed by atoms with Crippen LogP contribution in [0.25, 0.3) is 55.8 Å². The Morgan fingerprint density at radius 1 is 0.383 bits per heavy atom. The molecule has 5 fully saturated rings. The molecule has 574 valence electrons. The molecule has 0 aliphatic carbocycles. The lowest BCUT2D eigenvalue weighted by molar-refractivity contribution is -0.0631. The number of nitrogens with zero attached hydrogens (tertiary/aromatic N) is 19. The largest absolute Gasteiger partial charge is 0.472 e. The quantitative estimate of drug-likeness (QED) is 0.0270. The molecule has 5 aliphatic heterocycles. The summed E-state index contributed by atoms with van der Waals surface area (Å²) in [6.45, 7) is -4.51. The van der Waals surface area contributed by atoms with E-state index in [-0.39, 0.29) is 111 Å². The van der Waals surface area contributed by atoms with Gasteiger partial charge in [-0.15, -0.1) is 0 Å². The van der Waals surface area contributed by atoms with E-state index in [0.717, 1.165) is 25.3 Å². The first-order chi connectivity index (χ1) is 50.9. The summed E-state index contributed by atoms with van der Waals surface area (Å²) in [4.78, 5) is 138. The van der Waals surface area contributed by atoms with Gasteiger partial charge < -0.3 is 86.8 Å². The highest BCUT2D eigenvalue weighted by Crippen LogP contribution is 2.56. The highest BCUT2D eigenvalue weighted by molar-refractivity contribution is 7.48. The number of phosphoric acid groups is 5.